The molecule has 1 amide bonds. The summed E-state index contributed by atoms with van der Waals surface area (Å²) in [6.45, 7) is -0.430. The van der Waals surface area contributed by atoms with Crippen molar-refractivity contribution in [3.8, 4) is 11.1 Å². The van der Waals surface area contributed by atoms with Crippen molar-refractivity contribution >= 4 is 40.8 Å². The molecule has 0 saturated heterocycles. The van der Waals surface area contributed by atoms with Crippen LogP contribution in [-0.4, -0.2) is 18.5 Å². The minimum atomic E-state index is -0.577. The van der Waals surface area contributed by atoms with Crippen molar-refractivity contribution in [1.82, 2.24) is 0 Å². The smallest absolute Gasteiger partial charge is 0.339 e. The maximum atomic E-state index is 12.5. The Morgan fingerprint density at radius 2 is 1.59 bits per heavy atom. The SMILES string of the molecule is O=C(COC(=O)c1ccccc1-c1ccccc1)Nc1ccc(Cl)cc1Cl. The second kappa shape index (κ2) is 8.71. The molecule has 6 heteroatoms. The van der Waals surface area contributed by atoms with Crippen molar-refractivity contribution in [2.24, 2.45) is 0 Å². The van der Waals surface area contributed by atoms with E-state index in [1.165, 1.54) is 6.07 Å². The maximum Gasteiger partial charge on any atom is 0.339 e. The second-order valence-corrected chi connectivity index (χ2v) is 6.50. The molecule has 0 aliphatic rings. The summed E-state index contributed by atoms with van der Waals surface area (Å²) in [6.07, 6.45) is 0. The number of carbonyl (C=O) groups is 2. The Morgan fingerprint density at radius 3 is 2.33 bits per heavy atom. The molecule has 3 aromatic rings. The van der Waals surface area contributed by atoms with Gasteiger partial charge in [-0.1, -0.05) is 71.7 Å². The van der Waals surface area contributed by atoms with Crippen LogP contribution in [0.2, 0.25) is 10.0 Å². The maximum absolute atomic E-state index is 12.5. The summed E-state index contributed by atoms with van der Waals surface area (Å²) in [5.74, 6) is -1.07. The zero-order valence-electron chi connectivity index (χ0n) is 14.1. The van der Waals surface area contributed by atoms with Crippen LogP contribution in [0.5, 0.6) is 0 Å². The van der Waals surface area contributed by atoms with Gasteiger partial charge in [-0.05, 0) is 35.4 Å². The molecule has 0 atom stereocenters. The van der Waals surface area contributed by atoms with Crippen LogP contribution < -0.4 is 5.32 Å². The van der Waals surface area contributed by atoms with Gasteiger partial charge in [0.05, 0.1) is 16.3 Å². The van der Waals surface area contributed by atoms with E-state index < -0.39 is 18.5 Å². The molecular weight excluding hydrogens is 385 g/mol. The number of esters is 1. The first-order chi connectivity index (χ1) is 13.0. The number of benzene rings is 3. The molecule has 27 heavy (non-hydrogen) atoms. The van der Waals surface area contributed by atoms with E-state index >= 15 is 0 Å². The van der Waals surface area contributed by atoms with Gasteiger partial charge in [0.25, 0.3) is 5.91 Å². The van der Waals surface area contributed by atoms with Crippen LogP contribution in [0.3, 0.4) is 0 Å². The average Bonchev–Trinajstić information content (AvgIpc) is 2.69. The fourth-order valence-electron chi connectivity index (χ4n) is 2.52. The van der Waals surface area contributed by atoms with Gasteiger partial charge in [-0.3, -0.25) is 4.79 Å². The van der Waals surface area contributed by atoms with E-state index in [-0.39, 0.29) is 0 Å². The number of rotatable bonds is 5. The van der Waals surface area contributed by atoms with Crippen LogP contribution >= 0.6 is 23.2 Å². The lowest BCUT2D eigenvalue weighted by Crippen LogP contribution is -2.21. The van der Waals surface area contributed by atoms with Crippen LogP contribution in [0.15, 0.2) is 72.8 Å². The molecule has 0 bridgehead atoms. The largest absolute Gasteiger partial charge is 0.452 e. The Kier molecular flexibility index (Phi) is 6.12. The van der Waals surface area contributed by atoms with Crippen molar-refractivity contribution in [1.29, 1.82) is 0 Å². The van der Waals surface area contributed by atoms with Gasteiger partial charge in [-0.25, -0.2) is 4.79 Å². The van der Waals surface area contributed by atoms with E-state index in [1.54, 1.807) is 24.3 Å². The number of nitrogens with one attached hydrogen (secondary N) is 1. The predicted octanol–water partition coefficient (Wildman–Crippen LogP) is 5.46. The lowest BCUT2D eigenvalue weighted by molar-refractivity contribution is -0.119. The van der Waals surface area contributed by atoms with E-state index in [2.05, 4.69) is 5.32 Å². The number of carbonyl (C=O) groups excluding carboxylic acids is 2. The molecule has 0 spiro atoms. The molecule has 0 aliphatic carbocycles. The minimum absolute atomic E-state index is 0.302. The summed E-state index contributed by atoms with van der Waals surface area (Å²) < 4.78 is 5.17. The lowest BCUT2D eigenvalue weighted by atomic mass is 10.00. The van der Waals surface area contributed by atoms with Crippen LogP contribution in [-0.2, 0) is 9.53 Å². The van der Waals surface area contributed by atoms with Crippen molar-refractivity contribution < 1.29 is 14.3 Å². The highest BCUT2D eigenvalue weighted by Gasteiger charge is 2.15. The van der Waals surface area contributed by atoms with Gasteiger partial charge >= 0.3 is 5.97 Å². The Hall–Kier alpha value is -2.82. The summed E-state index contributed by atoms with van der Waals surface area (Å²) >= 11 is 11.8. The molecule has 0 fully saturated rings. The highest BCUT2D eigenvalue weighted by atomic mass is 35.5. The second-order valence-electron chi connectivity index (χ2n) is 5.66. The lowest BCUT2D eigenvalue weighted by Gasteiger charge is -2.11. The normalized spacial score (nSPS) is 10.3. The molecule has 0 heterocycles. The molecule has 1 N–H and O–H groups in total. The van der Waals surface area contributed by atoms with Crippen LogP contribution in [0.1, 0.15) is 10.4 Å². The van der Waals surface area contributed by atoms with Crippen LogP contribution in [0, 0.1) is 0 Å². The molecule has 0 aromatic heterocycles. The van der Waals surface area contributed by atoms with Crippen LogP contribution in [0.25, 0.3) is 11.1 Å². The van der Waals surface area contributed by atoms with Gasteiger partial charge in [0.1, 0.15) is 0 Å². The summed E-state index contributed by atoms with van der Waals surface area (Å²) in [6, 6.07) is 21.3. The third-order valence-corrected chi connectivity index (χ3v) is 4.32. The molecule has 0 saturated carbocycles. The predicted molar refractivity (Wildman–Crippen MR) is 107 cm³/mol. The van der Waals surface area contributed by atoms with Gasteiger partial charge in [0, 0.05) is 5.02 Å². The van der Waals surface area contributed by atoms with Gasteiger partial charge in [-0.2, -0.15) is 0 Å². The van der Waals surface area contributed by atoms with Gasteiger partial charge in [-0.15, -0.1) is 0 Å². The van der Waals surface area contributed by atoms with E-state index in [1.807, 2.05) is 42.5 Å². The van der Waals surface area contributed by atoms with E-state index in [9.17, 15) is 9.59 Å². The average molecular weight is 400 g/mol. The Morgan fingerprint density at radius 1 is 0.889 bits per heavy atom. The third kappa shape index (κ3) is 4.88. The highest BCUT2D eigenvalue weighted by Crippen LogP contribution is 2.26. The topological polar surface area (TPSA) is 55.4 Å². The summed E-state index contributed by atoms with van der Waals surface area (Å²) in [5.41, 5.74) is 2.42. The first-order valence-corrected chi connectivity index (χ1v) is 8.86. The monoisotopic (exact) mass is 399 g/mol. The first kappa shape index (κ1) is 19.0. The van der Waals surface area contributed by atoms with Crippen molar-refractivity contribution in [2.45, 2.75) is 0 Å². The standard InChI is InChI=1S/C21H15Cl2NO3/c22-15-10-11-19(18(23)12-15)24-20(25)13-27-21(26)17-9-5-4-8-16(17)14-6-2-1-3-7-14/h1-12H,13H2,(H,24,25). The Balaban J connectivity index is 1.67. The van der Waals surface area contributed by atoms with Gasteiger partial charge < -0.3 is 10.1 Å². The van der Waals surface area contributed by atoms with E-state index in [0.717, 1.165) is 11.1 Å². The number of ether oxygens (including phenoxy) is 1. The molecular formula is C21H15Cl2NO3. The van der Waals surface area contributed by atoms with Crippen molar-refractivity contribution in [3.63, 3.8) is 0 Å². The van der Waals surface area contributed by atoms with E-state index in [4.69, 9.17) is 27.9 Å². The quantitative estimate of drug-likeness (QED) is 0.579. The summed E-state index contributed by atoms with van der Waals surface area (Å²) in [7, 11) is 0. The molecule has 0 aliphatic heterocycles. The number of amides is 1. The fourth-order valence-corrected chi connectivity index (χ4v) is 2.97. The fraction of sp³-hybridized carbons (Fsp3) is 0.0476. The van der Waals surface area contributed by atoms with Crippen molar-refractivity contribution in [2.75, 3.05) is 11.9 Å². The molecule has 3 aromatic carbocycles. The minimum Gasteiger partial charge on any atom is -0.452 e. The highest BCUT2D eigenvalue weighted by molar-refractivity contribution is 6.36. The molecule has 0 unspecified atom stereocenters. The van der Waals surface area contributed by atoms with Gasteiger partial charge in [0.2, 0.25) is 0 Å². The number of hydrogen-bond acceptors (Lipinski definition) is 3. The Bertz CT molecular complexity index is 974. The summed E-state index contributed by atoms with van der Waals surface area (Å²) in [5, 5.41) is 3.35. The number of hydrogen-bond donors (Lipinski definition) is 1. The number of anilines is 1. The zero-order valence-corrected chi connectivity index (χ0v) is 15.6. The van der Waals surface area contributed by atoms with Crippen LogP contribution in [0.4, 0.5) is 5.69 Å². The zero-order chi connectivity index (χ0) is 19.2. The van der Waals surface area contributed by atoms with E-state index in [0.29, 0.717) is 21.3 Å². The molecule has 4 nitrogen and oxygen atoms in total. The van der Waals surface area contributed by atoms with Gasteiger partial charge in [0.15, 0.2) is 6.61 Å². The molecule has 136 valence electrons. The third-order valence-electron chi connectivity index (χ3n) is 3.77. The Labute approximate surface area is 166 Å². The summed E-state index contributed by atoms with van der Waals surface area (Å²) in [4.78, 5) is 24.5. The number of halogens is 2. The van der Waals surface area contributed by atoms with Crippen molar-refractivity contribution in [3.05, 3.63) is 88.4 Å². The first-order valence-electron chi connectivity index (χ1n) is 8.11. The molecule has 3 rings (SSSR count). The molecule has 0 radical (unpaired) electrons.